The summed E-state index contributed by atoms with van der Waals surface area (Å²) < 4.78 is 7.32. The van der Waals surface area contributed by atoms with Crippen molar-refractivity contribution >= 4 is 5.91 Å². The van der Waals surface area contributed by atoms with Gasteiger partial charge in [0.05, 0.1) is 24.0 Å². The van der Waals surface area contributed by atoms with E-state index < -0.39 is 0 Å². The summed E-state index contributed by atoms with van der Waals surface area (Å²) in [7, 11) is 0. The van der Waals surface area contributed by atoms with Crippen molar-refractivity contribution in [1.29, 1.82) is 0 Å². The first-order chi connectivity index (χ1) is 12.5. The molecule has 1 fully saturated rings. The van der Waals surface area contributed by atoms with Crippen LogP contribution in [0.2, 0.25) is 0 Å². The van der Waals surface area contributed by atoms with Crippen LogP contribution in [0.25, 0.3) is 0 Å². The standard InChI is InChI=1S/C19H27N5O2/c1-12(2)22-8-9-24-15(11-22)10-16(20-24)19(25)23-7-5-6-17(23)18-13(3)21-26-14(18)4/h10,12,17H,5-9,11H2,1-4H3. The maximum atomic E-state index is 13.2. The molecule has 0 aliphatic carbocycles. The second-order valence-electron chi connectivity index (χ2n) is 7.70. The van der Waals surface area contributed by atoms with E-state index in [4.69, 9.17) is 4.52 Å². The quantitative estimate of drug-likeness (QED) is 0.845. The first-order valence-electron chi connectivity index (χ1n) is 9.50. The van der Waals surface area contributed by atoms with Gasteiger partial charge in [-0.05, 0) is 46.6 Å². The van der Waals surface area contributed by atoms with Crippen molar-refractivity contribution in [2.75, 3.05) is 13.1 Å². The Balaban J connectivity index is 1.58. The summed E-state index contributed by atoms with van der Waals surface area (Å²) in [6.07, 6.45) is 1.94. The number of aromatic nitrogens is 3. The molecule has 1 unspecified atom stereocenters. The molecule has 0 aromatic carbocycles. The van der Waals surface area contributed by atoms with E-state index in [1.54, 1.807) is 0 Å². The van der Waals surface area contributed by atoms with E-state index in [-0.39, 0.29) is 11.9 Å². The molecule has 1 amide bonds. The topological polar surface area (TPSA) is 67.4 Å². The Labute approximate surface area is 153 Å². The second kappa shape index (κ2) is 6.54. The number of aryl methyl sites for hydroxylation is 2. The lowest BCUT2D eigenvalue weighted by atomic mass is 10.0. The molecule has 4 heterocycles. The van der Waals surface area contributed by atoms with Gasteiger partial charge in [0.15, 0.2) is 5.69 Å². The van der Waals surface area contributed by atoms with Gasteiger partial charge < -0.3 is 9.42 Å². The highest BCUT2D eigenvalue weighted by Crippen LogP contribution is 2.36. The summed E-state index contributed by atoms with van der Waals surface area (Å²) in [6, 6.07) is 2.51. The fraction of sp³-hybridized carbons (Fsp3) is 0.632. The summed E-state index contributed by atoms with van der Waals surface area (Å²) in [6.45, 7) is 11.7. The molecule has 1 atom stereocenters. The molecule has 0 saturated carbocycles. The molecule has 0 spiro atoms. The number of hydrogen-bond donors (Lipinski definition) is 0. The summed E-state index contributed by atoms with van der Waals surface area (Å²) in [5.74, 6) is 0.828. The fourth-order valence-corrected chi connectivity index (χ4v) is 4.25. The maximum absolute atomic E-state index is 13.2. The van der Waals surface area contributed by atoms with Crippen molar-refractivity contribution in [2.24, 2.45) is 0 Å². The molecule has 2 aliphatic rings. The van der Waals surface area contributed by atoms with E-state index in [1.807, 2.05) is 29.5 Å². The van der Waals surface area contributed by atoms with Crippen molar-refractivity contribution in [3.8, 4) is 0 Å². The number of rotatable bonds is 3. The average Bonchev–Trinajstić information content (AvgIpc) is 3.31. The molecular formula is C19H27N5O2. The predicted molar refractivity (Wildman–Crippen MR) is 96.8 cm³/mol. The molecule has 0 radical (unpaired) electrons. The van der Waals surface area contributed by atoms with E-state index in [0.29, 0.717) is 11.7 Å². The van der Waals surface area contributed by atoms with Gasteiger partial charge in [0.1, 0.15) is 5.76 Å². The monoisotopic (exact) mass is 357 g/mol. The molecule has 1 saturated heterocycles. The lowest BCUT2D eigenvalue weighted by molar-refractivity contribution is 0.0727. The first kappa shape index (κ1) is 17.3. The van der Waals surface area contributed by atoms with Crippen LogP contribution in [0, 0.1) is 13.8 Å². The van der Waals surface area contributed by atoms with Gasteiger partial charge in [-0.3, -0.25) is 14.4 Å². The number of hydrogen-bond acceptors (Lipinski definition) is 5. The Morgan fingerprint density at radius 2 is 2.08 bits per heavy atom. The Morgan fingerprint density at radius 3 is 2.77 bits per heavy atom. The van der Waals surface area contributed by atoms with Gasteiger partial charge in [0, 0.05) is 31.2 Å². The van der Waals surface area contributed by atoms with Crippen LogP contribution < -0.4 is 0 Å². The van der Waals surface area contributed by atoms with Crippen LogP contribution in [0.15, 0.2) is 10.6 Å². The van der Waals surface area contributed by atoms with E-state index in [2.05, 4.69) is 29.0 Å². The molecule has 7 nitrogen and oxygen atoms in total. The second-order valence-corrected chi connectivity index (χ2v) is 7.70. The van der Waals surface area contributed by atoms with Crippen LogP contribution >= 0.6 is 0 Å². The van der Waals surface area contributed by atoms with Crippen LogP contribution in [-0.4, -0.2) is 49.8 Å². The Hall–Kier alpha value is -2.15. The van der Waals surface area contributed by atoms with Crippen LogP contribution in [0.4, 0.5) is 0 Å². The number of carbonyl (C=O) groups excluding carboxylic acids is 1. The van der Waals surface area contributed by atoms with Crippen molar-refractivity contribution in [2.45, 2.75) is 65.7 Å². The Bertz CT molecular complexity index is 803. The van der Waals surface area contributed by atoms with E-state index in [9.17, 15) is 4.79 Å². The van der Waals surface area contributed by atoms with Gasteiger partial charge in [-0.2, -0.15) is 5.10 Å². The predicted octanol–water partition coefficient (Wildman–Crippen LogP) is 2.69. The normalized spacial score (nSPS) is 20.8. The molecule has 2 aromatic rings. The summed E-state index contributed by atoms with van der Waals surface area (Å²) in [5.41, 5.74) is 3.63. The number of amides is 1. The lowest BCUT2D eigenvalue weighted by Crippen LogP contribution is -2.38. The van der Waals surface area contributed by atoms with E-state index in [0.717, 1.165) is 61.7 Å². The molecular weight excluding hydrogens is 330 g/mol. The molecule has 140 valence electrons. The highest BCUT2D eigenvalue weighted by molar-refractivity contribution is 5.93. The van der Waals surface area contributed by atoms with Gasteiger partial charge in [0.2, 0.25) is 0 Å². The summed E-state index contributed by atoms with van der Waals surface area (Å²) >= 11 is 0. The van der Waals surface area contributed by atoms with E-state index >= 15 is 0 Å². The van der Waals surface area contributed by atoms with Gasteiger partial charge in [-0.1, -0.05) is 5.16 Å². The highest BCUT2D eigenvalue weighted by Gasteiger charge is 2.35. The number of likely N-dealkylation sites (tertiary alicyclic amines) is 1. The Morgan fingerprint density at radius 1 is 1.27 bits per heavy atom. The third kappa shape index (κ3) is 2.84. The van der Waals surface area contributed by atoms with Crippen molar-refractivity contribution < 1.29 is 9.32 Å². The minimum absolute atomic E-state index is 0.0190. The molecule has 26 heavy (non-hydrogen) atoms. The van der Waals surface area contributed by atoms with Crippen molar-refractivity contribution in [3.05, 3.63) is 34.5 Å². The van der Waals surface area contributed by atoms with Crippen LogP contribution in [-0.2, 0) is 13.1 Å². The number of fused-ring (bicyclic) bond motifs is 1. The zero-order valence-corrected chi connectivity index (χ0v) is 16.0. The molecule has 0 N–H and O–H groups in total. The molecule has 2 aliphatic heterocycles. The maximum Gasteiger partial charge on any atom is 0.274 e. The minimum Gasteiger partial charge on any atom is -0.361 e. The van der Waals surface area contributed by atoms with Gasteiger partial charge in [-0.25, -0.2) is 0 Å². The largest absolute Gasteiger partial charge is 0.361 e. The third-order valence-corrected chi connectivity index (χ3v) is 5.71. The van der Waals surface area contributed by atoms with Crippen LogP contribution in [0.3, 0.4) is 0 Å². The number of carbonyl (C=O) groups is 1. The van der Waals surface area contributed by atoms with Crippen molar-refractivity contribution in [1.82, 2.24) is 24.7 Å². The molecule has 4 rings (SSSR count). The molecule has 2 aromatic heterocycles. The summed E-state index contributed by atoms with van der Waals surface area (Å²) in [5, 5.41) is 8.68. The van der Waals surface area contributed by atoms with Gasteiger partial charge in [0.25, 0.3) is 5.91 Å². The van der Waals surface area contributed by atoms with Crippen LogP contribution in [0.5, 0.6) is 0 Å². The van der Waals surface area contributed by atoms with E-state index in [1.165, 1.54) is 0 Å². The Kier molecular flexibility index (Phi) is 4.34. The van der Waals surface area contributed by atoms with Gasteiger partial charge >= 0.3 is 0 Å². The zero-order chi connectivity index (χ0) is 18.4. The van der Waals surface area contributed by atoms with Crippen molar-refractivity contribution in [3.63, 3.8) is 0 Å². The van der Waals surface area contributed by atoms with Gasteiger partial charge in [-0.15, -0.1) is 0 Å². The minimum atomic E-state index is 0.0190. The zero-order valence-electron chi connectivity index (χ0n) is 16.0. The average molecular weight is 357 g/mol. The molecule has 0 bridgehead atoms. The smallest absolute Gasteiger partial charge is 0.274 e. The third-order valence-electron chi connectivity index (χ3n) is 5.71. The SMILES string of the molecule is Cc1noc(C)c1C1CCCN1C(=O)c1cc2n(n1)CCN(C(C)C)C2. The first-order valence-corrected chi connectivity index (χ1v) is 9.50. The summed E-state index contributed by atoms with van der Waals surface area (Å²) in [4.78, 5) is 17.5. The number of nitrogens with zero attached hydrogens (tertiary/aromatic N) is 5. The highest BCUT2D eigenvalue weighted by atomic mass is 16.5. The molecule has 7 heteroatoms. The fourth-order valence-electron chi connectivity index (χ4n) is 4.25. The van der Waals surface area contributed by atoms with Crippen LogP contribution in [0.1, 0.15) is 65.9 Å². The lowest BCUT2D eigenvalue weighted by Gasteiger charge is -2.30.